The maximum Gasteiger partial charge on any atom is 0.258 e. The number of aromatic nitrogens is 3. The number of pyridine rings is 2. The molecule has 0 bridgehead atoms. The smallest absolute Gasteiger partial charge is 0.258 e. The highest BCUT2D eigenvalue weighted by Crippen LogP contribution is 2.32. The van der Waals surface area contributed by atoms with Crippen LogP contribution in [-0.2, 0) is 17.9 Å². The number of methoxy groups -OCH3 is 1. The van der Waals surface area contributed by atoms with Gasteiger partial charge in [0.2, 0.25) is 0 Å². The van der Waals surface area contributed by atoms with Crippen molar-refractivity contribution >= 4 is 39.0 Å². The highest BCUT2D eigenvalue weighted by molar-refractivity contribution is 6.19. The van der Waals surface area contributed by atoms with E-state index >= 15 is 0 Å². The molecule has 0 N–H and O–H groups in total. The van der Waals surface area contributed by atoms with Gasteiger partial charge in [0.25, 0.3) is 5.56 Å². The third-order valence-electron chi connectivity index (χ3n) is 5.72. The number of hydrogen-bond acceptors (Lipinski definition) is 4. The standard InChI is InChI=1S/C25H21N3O3/c1-31-18-7-5-17(6-8-18)16-27-14-11-19-20(25(27)30)9-10-21-23(19)24-22(4-2-12-26-24)28(21)13-3-15-29/h2,4-12,14-15H,3,13,16H2,1H3. The van der Waals surface area contributed by atoms with E-state index in [0.29, 0.717) is 24.9 Å². The zero-order chi connectivity index (χ0) is 21.4. The molecule has 154 valence electrons. The van der Waals surface area contributed by atoms with Crippen LogP contribution in [0.2, 0.25) is 0 Å². The van der Waals surface area contributed by atoms with E-state index in [9.17, 15) is 9.59 Å². The molecule has 0 atom stereocenters. The predicted molar refractivity (Wildman–Crippen MR) is 122 cm³/mol. The van der Waals surface area contributed by atoms with Crippen molar-refractivity contribution in [3.8, 4) is 5.75 Å². The lowest BCUT2D eigenvalue weighted by atomic mass is 10.1. The van der Waals surface area contributed by atoms with Crippen molar-refractivity contribution in [3.63, 3.8) is 0 Å². The Morgan fingerprint density at radius 2 is 1.84 bits per heavy atom. The van der Waals surface area contributed by atoms with Crippen LogP contribution in [-0.4, -0.2) is 27.5 Å². The molecule has 5 rings (SSSR count). The van der Waals surface area contributed by atoms with Gasteiger partial charge in [-0.1, -0.05) is 12.1 Å². The van der Waals surface area contributed by atoms with Crippen molar-refractivity contribution in [1.29, 1.82) is 0 Å². The fraction of sp³-hybridized carbons (Fsp3) is 0.160. The Balaban J connectivity index is 1.68. The number of carbonyl (C=O) groups is 1. The van der Waals surface area contributed by atoms with Gasteiger partial charge in [0.1, 0.15) is 12.0 Å². The van der Waals surface area contributed by atoms with Gasteiger partial charge in [0.15, 0.2) is 0 Å². The van der Waals surface area contributed by atoms with Crippen molar-refractivity contribution in [2.75, 3.05) is 7.11 Å². The molecule has 0 fully saturated rings. The maximum absolute atomic E-state index is 13.3. The Kier molecular flexibility index (Phi) is 4.75. The van der Waals surface area contributed by atoms with E-state index in [1.165, 1.54) is 0 Å². The second kappa shape index (κ2) is 7.72. The van der Waals surface area contributed by atoms with Gasteiger partial charge in [-0.05, 0) is 48.0 Å². The number of rotatable bonds is 6. The third-order valence-corrected chi connectivity index (χ3v) is 5.72. The van der Waals surface area contributed by atoms with Gasteiger partial charge in [-0.3, -0.25) is 9.78 Å². The van der Waals surface area contributed by atoms with Gasteiger partial charge in [-0.15, -0.1) is 0 Å². The quantitative estimate of drug-likeness (QED) is 0.394. The average Bonchev–Trinajstić information content (AvgIpc) is 3.14. The largest absolute Gasteiger partial charge is 0.497 e. The zero-order valence-corrected chi connectivity index (χ0v) is 17.1. The molecule has 31 heavy (non-hydrogen) atoms. The first kappa shape index (κ1) is 19.1. The fourth-order valence-electron chi connectivity index (χ4n) is 4.24. The summed E-state index contributed by atoms with van der Waals surface area (Å²) in [5, 5.41) is 2.48. The molecular weight excluding hydrogens is 390 g/mol. The molecule has 0 radical (unpaired) electrons. The number of aldehydes is 1. The van der Waals surface area contributed by atoms with Crippen LogP contribution >= 0.6 is 0 Å². The molecule has 5 aromatic rings. The van der Waals surface area contributed by atoms with Crippen molar-refractivity contribution in [3.05, 3.63) is 82.9 Å². The summed E-state index contributed by atoms with van der Waals surface area (Å²) in [6.07, 6.45) is 4.95. The van der Waals surface area contributed by atoms with Crippen LogP contribution < -0.4 is 10.3 Å². The third kappa shape index (κ3) is 3.17. The molecule has 0 spiro atoms. The van der Waals surface area contributed by atoms with Gasteiger partial charge in [0.05, 0.1) is 30.2 Å². The van der Waals surface area contributed by atoms with E-state index in [1.54, 1.807) is 17.9 Å². The van der Waals surface area contributed by atoms with Gasteiger partial charge >= 0.3 is 0 Å². The van der Waals surface area contributed by atoms with Crippen LogP contribution in [0.25, 0.3) is 32.7 Å². The number of nitrogens with zero attached hydrogens (tertiary/aromatic N) is 3. The predicted octanol–water partition coefficient (Wildman–Crippen LogP) is 4.15. The van der Waals surface area contributed by atoms with E-state index in [4.69, 9.17) is 4.74 Å². The minimum Gasteiger partial charge on any atom is -0.497 e. The number of fused-ring (bicyclic) bond motifs is 5. The average molecular weight is 411 g/mol. The minimum atomic E-state index is -0.0417. The lowest BCUT2D eigenvalue weighted by Crippen LogP contribution is -2.20. The molecule has 0 aliphatic carbocycles. The fourth-order valence-corrected chi connectivity index (χ4v) is 4.24. The number of ether oxygens (including phenoxy) is 1. The SMILES string of the molecule is COc1ccc(Cn2ccc3c(ccc4c3c3ncccc3n4CCC=O)c2=O)cc1. The summed E-state index contributed by atoms with van der Waals surface area (Å²) in [5.41, 5.74) is 3.78. The van der Waals surface area contributed by atoms with Crippen molar-refractivity contribution < 1.29 is 9.53 Å². The Morgan fingerprint density at radius 1 is 1.00 bits per heavy atom. The molecule has 0 unspecified atom stereocenters. The number of hydrogen-bond donors (Lipinski definition) is 0. The molecule has 0 aliphatic heterocycles. The summed E-state index contributed by atoms with van der Waals surface area (Å²) >= 11 is 0. The van der Waals surface area contributed by atoms with Gasteiger partial charge < -0.3 is 18.7 Å². The van der Waals surface area contributed by atoms with Crippen LogP contribution in [0.1, 0.15) is 12.0 Å². The first-order chi connectivity index (χ1) is 15.2. The Labute approximate surface area is 178 Å². The summed E-state index contributed by atoms with van der Waals surface area (Å²) in [4.78, 5) is 28.8. The Morgan fingerprint density at radius 3 is 2.61 bits per heavy atom. The molecule has 6 heteroatoms. The molecule has 2 aromatic carbocycles. The number of aryl methyl sites for hydroxylation is 1. The van der Waals surface area contributed by atoms with E-state index in [1.807, 2.05) is 60.8 Å². The van der Waals surface area contributed by atoms with Crippen LogP contribution in [0, 0.1) is 0 Å². The van der Waals surface area contributed by atoms with E-state index in [-0.39, 0.29) is 5.56 Å². The second-order valence-corrected chi connectivity index (χ2v) is 7.50. The van der Waals surface area contributed by atoms with Crippen molar-refractivity contribution in [1.82, 2.24) is 14.1 Å². The summed E-state index contributed by atoms with van der Waals surface area (Å²) in [6, 6.07) is 17.4. The van der Waals surface area contributed by atoms with E-state index < -0.39 is 0 Å². The molecule has 0 saturated carbocycles. The summed E-state index contributed by atoms with van der Waals surface area (Å²) in [7, 11) is 1.63. The van der Waals surface area contributed by atoms with Crippen molar-refractivity contribution in [2.24, 2.45) is 0 Å². The highest BCUT2D eigenvalue weighted by atomic mass is 16.5. The maximum atomic E-state index is 13.3. The summed E-state index contributed by atoms with van der Waals surface area (Å²) < 4.78 is 9.03. The monoisotopic (exact) mass is 411 g/mol. The van der Waals surface area contributed by atoms with Crippen LogP contribution in [0.5, 0.6) is 5.75 Å². The Hall–Kier alpha value is -3.93. The Bertz CT molecular complexity index is 1480. The highest BCUT2D eigenvalue weighted by Gasteiger charge is 2.16. The van der Waals surface area contributed by atoms with Gasteiger partial charge in [-0.2, -0.15) is 0 Å². The number of carbonyl (C=O) groups excluding carboxylic acids is 1. The first-order valence-electron chi connectivity index (χ1n) is 10.2. The molecule has 0 aliphatic rings. The second-order valence-electron chi connectivity index (χ2n) is 7.50. The summed E-state index contributed by atoms with van der Waals surface area (Å²) in [6.45, 7) is 1.06. The van der Waals surface area contributed by atoms with Crippen LogP contribution in [0.15, 0.2) is 71.8 Å². The topological polar surface area (TPSA) is 66.1 Å². The lowest BCUT2D eigenvalue weighted by Gasteiger charge is -2.09. The van der Waals surface area contributed by atoms with E-state index in [0.717, 1.165) is 44.9 Å². The van der Waals surface area contributed by atoms with Crippen molar-refractivity contribution in [2.45, 2.75) is 19.5 Å². The summed E-state index contributed by atoms with van der Waals surface area (Å²) in [5.74, 6) is 0.787. The van der Waals surface area contributed by atoms with Gasteiger partial charge in [0, 0.05) is 41.5 Å². The lowest BCUT2D eigenvalue weighted by molar-refractivity contribution is -0.108. The zero-order valence-electron chi connectivity index (χ0n) is 17.1. The van der Waals surface area contributed by atoms with E-state index in [2.05, 4.69) is 9.55 Å². The van der Waals surface area contributed by atoms with Crippen LogP contribution in [0.3, 0.4) is 0 Å². The molecule has 3 heterocycles. The van der Waals surface area contributed by atoms with Crippen LogP contribution in [0.4, 0.5) is 0 Å². The molecule has 6 nitrogen and oxygen atoms in total. The number of benzene rings is 2. The molecule has 0 amide bonds. The minimum absolute atomic E-state index is 0.0417. The molecule has 0 saturated heterocycles. The van der Waals surface area contributed by atoms with Gasteiger partial charge in [-0.25, -0.2) is 0 Å². The molecule has 3 aromatic heterocycles. The first-order valence-corrected chi connectivity index (χ1v) is 10.2. The normalized spacial score (nSPS) is 11.4. The molecular formula is C25H21N3O3.